The highest BCUT2D eigenvalue weighted by atomic mass is 32.1. The quantitative estimate of drug-likeness (QED) is 0.843. The van der Waals surface area contributed by atoms with Gasteiger partial charge in [0.1, 0.15) is 0 Å². The molecule has 1 saturated carbocycles. The van der Waals surface area contributed by atoms with Gasteiger partial charge in [0.05, 0.1) is 0 Å². The molecule has 0 radical (unpaired) electrons. The lowest BCUT2D eigenvalue weighted by atomic mass is 9.86. The van der Waals surface area contributed by atoms with Crippen LogP contribution < -0.4 is 5.32 Å². The highest BCUT2D eigenvalue weighted by Crippen LogP contribution is 2.28. The molecule has 0 unspecified atom stereocenters. The monoisotopic (exact) mass is 224 g/mol. The standard InChI is InChI=1S/C12H20N2S/c1-13-12-14-9-11(15-12)8-7-10-5-3-2-4-6-10/h9-10H,2-8H2,1H3,(H,13,14). The Bertz CT molecular complexity index is 290. The van der Waals surface area contributed by atoms with Crippen LogP contribution in [0.1, 0.15) is 43.4 Å². The maximum Gasteiger partial charge on any atom is 0.182 e. The van der Waals surface area contributed by atoms with E-state index in [9.17, 15) is 0 Å². The van der Waals surface area contributed by atoms with Crippen molar-refractivity contribution in [3.63, 3.8) is 0 Å². The normalized spacial score (nSPS) is 17.9. The lowest BCUT2D eigenvalue weighted by Crippen LogP contribution is -2.06. The Morgan fingerprint density at radius 3 is 2.87 bits per heavy atom. The van der Waals surface area contributed by atoms with Crippen LogP contribution in [-0.4, -0.2) is 12.0 Å². The molecule has 1 fully saturated rings. The van der Waals surface area contributed by atoms with Crippen molar-refractivity contribution in [3.8, 4) is 0 Å². The third-order valence-corrected chi connectivity index (χ3v) is 4.37. The summed E-state index contributed by atoms with van der Waals surface area (Å²) >= 11 is 1.80. The van der Waals surface area contributed by atoms with Crippen LogP contribution in [0.4, 0.5) is 5.13 Å². The molecular weight excluding hydrogens is 204 g/mol. The summed E-state index contributed by atoms with van der Waals surface area (Å²) in [6.45, 7) is 0. The zero-order valence-corrected chi connectivity index (χ0v) is 10.3. The molecule has 1 heterocycles. The maximum absolute atomic E-state index is 4.31. The predicted octanol–water partition coefficient (Wildman–Crippen LogP) is 3.70. The fraction of sp³-hybridized carbons (Fsp3) is 0.750. The predicted molar refractivity (Wildman–Crippen MR) is 66.6 cm³/mol. The van der Waals surface area contributed by atoms with Crippen molar-refractivity contribution in [1.82, 2.24) is 4.98 Å². The second kappa shape index (κ2) is 5.50. The Morgan fingerprint density at radius 2 is 2.20 bits per heavy atom. The Morgan fingerprint density at radius 1 is 1.40 bits per heavy atom. The Balaban J connectivity index is 1.76. The molecule has 0 aromatic carbocycles. The average molecular weight is 224 g/mol. The van der Waals surface area contributed by atoms with Gasteiger partial charge in [0.15, 0.2) is 5.13 Å². The number of hydrogen-bond donors (Lipinski definition) is 1. The van der Waals surface area contributed by atoms with E-state index in [1.54, 1.807) is 11.3 Å². The van der Waals surface area contributed by atoms with E-state index in [1.165, 1.54) is 49.8 Å². The van der Waals surface area contributed by atoms with Gasteiger partial charge in [0, 0.05) is 18.1 Å². The topological polar surface area (TPSA) is 24.9 Å². The third-order valence-electron chi connectivity index (χ3n) is 3.29. The van der Waals surface area contributed by atoms with Gasteiger partial charge in [0.2, 0.25) is 0 Å². The first-order valence-corrected chi connectivity index (χ1v) is 6.82. The van der Waals surface area contributed by atoms with E-state index in [0.717, 1.165) is 11.0 Å². The fourth-order valence-corrected chi connectivity index (χ4v) is 3.14. The van der Waals surface area contributed by atoms with Crippen LogP contribution in [0.2, 0.25) is 0 Å². The van der Waals surface area contributed by atoms with Gasteiger partial charge in [-0.05, 0) is 18.8 Å². The molecule has 1 N–H and O–H groups in total. The largest absolute Gasteiger partial charge is 0.365 e. The minimum absolute atomic E-state index is 0.985. The second-order valence-corrected chi connectivity index (χ2v) is 5.54. The van der Waals surface area contributed by atoms with Gasteiger partial charge in [-0.25, -0.2) is 4.98 Å². The molecule has 1 aliphatic carbocycles. The highest BCUT2D eigenvalue weighted by Gasteiger charge is 2.13. The smallest absolute Gasteiger partial charge is 0.182 e. The van der Waals surface area contributed by atoms with Gasteiger partial charge >= 0.3 is 0 Å². The molecular formula is C12H20N2S. The SMILES string of the molecule is CNc1ncc(CCC2CCCCC2)s1. The molecule has 1 aromatic rings. The number of aryl methyl sites for hydroxylation is 1. The van der Waals surface area contributed by atoms with Gasteiger partial charge in [-0.2, -0.15) is 0 Å². The van der Waals surface area contributed by atoms with Crippen LogP contribution in [0, 0.1) is 5.92 Å². The van der Waals surface area contributed by atoms with Gasteiger partial charge in [-0.1, -0.05) is 32.1 Å². The van der Waals surface area contributed by atoms with E-state index < -0.39 is 0 Å². The summed E-state index contributed by atoms with van der Waals surface area (Å²) in [5.41, 5.74) is 0. The summed E-state index contributed by atoms with van der Waals surface area (Å²) in [6, 6.07) is 0. The fourth-order valence-electron chi connectivity index (χ4n) is 2.36. The first kappa shape index (κ1) is 10.9. The van der Waals surface area contributed by atoms with Gasteiger partial charge in [0.25, 0.3) is 0 Å². The number of anilines is 1. The van der Waals surface area contributed by atoms with E-state index >= 15 is 0 Å². The molecule has 1 aliphatic rings. The highest BCUT2D eigenvalue weighted by molar-refractivity contribution is 7.15. The van der Waals surface area contributed by atoms with E-state index in [-0.39, 0.29) is 0 Å². The van der Waals surface area contributed by atoms with E-state index in [2.05, 4.69) is 10.3 Å². The van der Waals surface area contributed by atoms with Gasteiger partial charge in [-0.3, -0.25) is 0 Å². The van der Waals surface area contributed by atoms with Gasteiger partial charge < -0.3 is 5.32 Å². The Kier molecular flexibility index (Phi) is 4.01. The number of aromatic nitrogens is 1. The van der Waals surface area contributed by atoms with Crippen LogP contribution in [0.15, 0.2) is 6.20 Å². The molecule has 0 saturated heterocycles. The molecule has 84 valence electrons. The minimum atomic E-state index is 0.985. The van der Waals surface area contributed by atoms with Crippen molar-refractivity contribution in [2.24, 2.45) is 5.92 Å². The first-order valence-electron chi connectivity index (χ1n) is 6.01. The van der Waals surface area contributed by atoms with Crippen LogP contribution in [-0.2, 0) is 6.42 Å². The summed E-state index contributed by atoms with van der Waals surface area (Å²) in [5.74, 6) is 0.985. The van der Waals surface area contributed by atoms with Gasteiger partial charge in [-0.15, -0.1) is 11.3 Å². The van der Waals surface area contributed by atoms with Crippen molar-refractivity contribution in [2.75, 3.05) is 12.4 Å². The number of hydrogen-bond acceptors (Lipinski definition) is 3. The molecule has 0 spiro atoms. The van der Waals surface area contributed by atoms with E-state index in [1.807, 2.05) is 13.2 Å². The van der Waals surface area contributed by atoms with Crippen molar-refractivity contribution in [2.45, 2.75) is 44.9 Å². The second-order valence-electron chi connectivity index (χ2n) is 4.42. The lowest BCUT2D eigenvalue weighted by Gasteiger charge is -2.20. The lowest BCUT2D eigenvalue weighted by molar-refractivity contribution is 0.340. The van der Waals surface area contributed by atoms with E-state index in [4.69, 9.17) is 0 Å². The van der Waals surface area contributed by atoms with E-state index in [0.29, 0.717) is 0 Å². The summed E-state index contributed by atoms with van der Waals surface area (Å²) in [4.78, 5) is 5.74. The molecule has 0 atom stereocenters. The zero-order chi connectivity index (χ0) is 10.5. The molecule has 0 amide bonds. The summed E-state index contributed by atoms with van der Waals surface area (Å²) in [6.07, 6.45) is 11.9. The molecule has 2 nitrogen and oxygen atoms in total. The first-order chi connectivity index (χ1) is 7.38. The molecule has 3 heteroatoms. The number of nitrogens with one attached hydrogen (secondary N) is 1. The van der Waals surface area contributed by atoms with Crippen LogP contribution in [0.25, 0.3) is 0 Å². The molecule has 0 aliphatic heterocycles. The third kappa shape index (κ3) is 3.20. The number of rotatable bonds is 4. The number of thiazole rings is 1. The zero-order valence-electron chi connectivity index (χ0n) is 9.46. The maximum atomic E-state index is 4.31. The number of nitrogens with zero attached hydrogens (tertiary/aromatic N) is 1. The molecule has 1 aromatic heterocycles. The molecule has 2 rings (SSSR count). The van der Waals surface area contributed by atoms with Crippen molar-refractivity contribution in [3.05, 3.63) is 11.1 Å². The Hall–Kier alpha value is -0.570. The van der Waals surface area contributed by atoms with Crippen LogP contribution >= 0.6 is 11.3 Å². The summed E-state index contributed by atoms with van der Waals surface area (Å²) < 4.78 is 0. The summed E-state index contributed by atoms with van der Waals surface area (Å²) in [7, 11) is 1.93. The molecule has 0 bridgehead atoms. The molecule has 15 heavy (non-hydrogen) atoms. The van der Waals surface area contributed by atoms with Crippen molar-refractivity contribution in [1.29, 1.82) is 0 Å². The van der Waals surface area contributed by atoms with Crippen molar-refractivity contribution >= 4 is 16.5 Å². The van der Waals surface area contributed by atoms with Crippen molar-refractivity contribution < 1.29 is 0 Å². The average Bonchev–Trinajstić information content (AvgIpc) is 2.76. The Labute approximate surface area is 96.1 Å². The minimum Gasteiger partial charge on any atom is -0.365 e. The summed E-state index contributed by atoms with van der Waals surface area (Å²) in [5, 5.41) is 4.14. The van der Waals surface area contributed by atoms with Crippen LogP contribution in [0.5, 0.6) is 0 Å². The van der Waals surface area contributed by atoms with Crippen LogP contribution in [0.3, 0.4) is 0 Å².